The fourth-order valence-electron chi connectivity index (χ4n) is 2.96. The zero-order valence-electron chi connectivity index (χ0n) is 18.4. The van der Waals surface area contributed by atoms with E-state index in [2.05, 4.69) is 5.10 Å². The minimum atomic E-state index is -0.436. The third-order valence-corrected chi connectivity index (χ3v) is 5.24. The number of halogens is 2. The van der Waals surface area contributed by atoms with E-state index in [1.54, 1.807) is 26.1 Å². The highest BCUT2D eigenvalue weighted by molar-refractivity contribution is 6.37. The number of carbonyl (C=O) groups excluding carboxylic acids is 2. The van der Waals surface area contributed by atoms with Crippen LogP contribution < -0.4 is 4.74 Å². The van der Waals surface area contributed by atoms with Gasteiger partial charge in [-0.05, 0) is 38.0 Å². The second-order valence-electron chi connectivity index (χ2n) is 7.20. The van der Waals surface area contributed by atoms with Gasteiger partial charge in [0.25, 0.3) is 0 Å². The van der Waals surface area contributed by atoms with Crippen LogP contribution in [0.4, 0.5) is 4.79 Å². The zero-order valence-corrected chi connectivity index (χ0v) is 19.9. The van der Waals surface area contributed by atoms with Crippen molar-refractivity contribution in [3.63, 3.8) is 0 Å². The topological polar surface area (TPSA) is 73.7 Å². The fraction of sp³-hybridized carbons (Fsp3) is 0.500. The first-order valence-electron chi connectivity index (χ1n) is 10.4. The van der Waals surface area contributed by atoms with Crippen LogP contribution >= 0.6 is 23.2 Å². The third-order valence-electron chi connectivity index (χ3n) is 4.69. The molecule has 0 atom stereocenters. The Morgan fingerprint density at radius 2 is 1.87 bits per heavy atom. The highest BCUT2D eigenvalue weighted by Crippen LogP contribution is 2.29. The average Bonchev–Trinajstić information content (AvgIpc) is 3.00. The van der Waals surface area contributed by atoms with E-state index in [1.165, 1.54) is 15.6 Å². The van der Waals surface area contributed by atoms with E-state index >= 15 is 0 Å². The van der Waals surface area contributed by atoms with Crippen molar-refractivity contribution in [3.8, 4) is 5.88 Å². The molecule has 1 heterocycles. The number of aryl methyl sites for hydroxylation is 2. The van der Waals surface area contributed by atoms with Crippen molar-refractivity contribution in [2.75, 3.05) is 19.9 Å². The van der Waals surface area contributed by atoms with Crippen LogP contribution in [0.15, 0.2) is 18.2 Å². The lowest BCUT2D eigenvalue weighted by atomic mass is 10.0. The first kappa shape index (κ1) is 25.0. The van der Waals surface area contributed by atoms with E-state index in [9.17, 15) is 9.59 Å². The maximum absolute atomic E-state index is 13.2. The van der Waals surface area contributed by atoms with Crippen LogP contribution in [0.2, 0.25) is 10.0 Å². The number of ketones is 1. The quantitative estimate of drug-likeness (QED) is 0.241. The molecule has 0 aliphatic rings. The molecule has 1 amide bonds. The molecule has 7 nitrogen and oxygen atoms in total. The lowest BCUT2D eigenvalue weighted by Gasteiger charge is -2.22. The van der Waals surface area contributed by atoms with Gasteiger partial charge in [0.05, 0.1) is 17.3 Å². The first-order chi connectivity index (χ1) is 14.8. The number of hydrogen-bond acceptors (Lipinski definition) is 5. The summed E-state index contributed by atoms with van der Waals surface area (Å²) < 4.78 is 12.7. The van der Waals surface area contributed by atoms with Gasteiger partial charge in [-0.1, -0.05) is 49.9 Å². The van der Waals surface area contributed by atoms with Gasteiger partial charge in [0.2, 0.25) is 11.7 Å². The molecule has 0 unspecified atom stereocenters. The van der Waals surface area contributed by atoms with Gasteiger partial charge in [-0.3, -0.25) is 9.69 Å². The van der Waals surface area contributed by atoms with Gasteiger partial charge >= 0.3 is 6.09 Å². The number of ether oxygens (including phenoxy) is 2. The number of aromatic nitrogens is 2. The average molecular weight is 470 g/mol. The van der Waals surface area contributed by atoms with Crippen LogP contribution in [0.25, 0.3) is 0 Å². The molecule has 0 fully saturated rings. The summed E-state index contributed by atoms with van der Waals surface area (Å²) in [5.74, 6) is -0.0655. The Bertz CT molecular complexity index is 914. The van der Waals surface area contributed by atoms with E-state index < -0.39 is 6.09 Å². The Kier molecular flexibility index (Phi) is 9.65. The molecule has 0 radical (unpaired) electrons. The molecule has 0 aliphatic heterocycles. The maximum atomic E-state index is 13.2. The number of hydrogen-bond donors (Lipinski definition) is 0. The molecule has 9 heteroatoms. The van der Waals surface area contributed by atoms with Crippen LogP contribution in [-0.4, -0.2) is 46.4 Å². The molecule has 0 aliphatic carbocycles. The fourth-order valence-corrected chi connectivity index (χ4v) is 3.46. The molecule has 1 aromatic carbocycles. The summed E-state index contributed by atoms with van der Waals surface area (Å²) in [5.41, 5.74) is 1.09. The van der Waals surface area contributed by atoms with Gasteiger partial charge in [-0.15, -0.1) is 0 Å². The Morgan fingerprint density at radius 3 is 2.52 bits per heavy atom. The van der Waals surface area contributed by atoms with Crippen molar-refractivity contribution in [2.45, 2.75) is 46.5 Å². The van der Waals surface area contributed by atoms with Crippen molar-refractivity contribution in [1.29, 1.82) is 0 Å². The second-order valence-corrected chi connectivity index (χ2v) is 8.04. The van der Waals surface area contributed by atoms with Gasteiger partial charge in [0.15, 0.2) is 6.73 Å². The molecule has 0 spiro atoms. The lowest BCUT2D eigenvalue weighted by Crippen LogP contribution is -2.36. The predicted molar refractivity (Wildman–Crippen MR) is 121 cm³/mol. The van der Waals surface area contributed by atoms with Crippen LogP contribution in [0.3, 0.4) is 0 Å². The Hall–Kier alpha value is -2.25. The molecule has 31 heavy (non-hydrogen) atoms. The molecule has 170 valence electrons. The predicted octanol–water partition coefficient (Wildman–Crippen LogP) is 5.64. The minimum absolute atomic E-state index is 0.0570. The van der Waals surface area contributed by atoms with Crippen LogP contribution in [0.1, 0.15) is 61.1 Å². The SMILES string of the molecule is CCCCOC(=O)N(CCCC)COc1c(C(=O)c2ccc(Cl)cc2Cl)c(C)nn1C. The number of rotatable bonds is 11. The number of amides is 1. The summed E-state index contributed by atoms with van der Waals surface area (Å²) >= 11 is 12.2. The molecule has 1 aromatic heterocycles. The molecule has 0 saturated heterocycles. The minimum Gasteiger partial charge on any atom is -0.456 e. The van der Waals surface area contributed by atoms with E-state index in [-0.39, 0.29) is 23.4 Å². The standard InChI is InChI=1S/C22H29Cl2N3O4/c1-5-7-11-27(22(29)30-12-8-6-2)14-31-21-19(15(3)25-26(21)4)20(28)17-10-9-16(23)13-18(17)24/h9-10,13H,5-8,11-12,14H2,1-4H3. The summed E-state index contributed by atoms with van der Waals surface area (Å²) in [4.78, 5) is 27.1. The summed E-state index contributed by atoms with van der Waals surface area (Å²) in [5, 5.41) is 5.00. The van der Waals surface area contributed by atoms with E-state index in [4.69, 9.17) is 32.7 Å². The Labute approximate surface area is 193 Å². The largest absolute Gasteiger partial charge is 0.456 e. The number of unbranched alkanes of at least 4 members (excludes halogenated alkanes) is 2. The zero-order chi connectivity index (χ0) is 23.0. The van der Waals surface area contributed by atoms with Crippen molar-refractivity contribution in [2.24, 2.45) is 7.05 Å². The highest BCUT2D eigenvalue weighted by atomic mass is 35.5. The lowest BCUT2D eigenvalue weighted by molar-refractivity contribution is 0.0652. The molecule has 0 saturated carbocycles. The smallest absolute Gasteiger partial charge is 0.412 e. The molecule has 0 N–H and O–H groups in total. The molecular formula is C22H29Cl2N3O4. The molecule has 0 bridgehead atoms. The normalized spacial score (nSPS) is 10.8. The third kappa shape index (κ3) is 6.61. The van der Waals surface area contributed by atoms with Crippen molar-refractivity contribution in [3.05, 3.63) is 45.1 Å². The van der Waals surface area contributed by atoms with E-state index in [0.717, 1.165) is 25.7 Å². The van der Waals surface area contributed by atoms with Crippen molar-refractivity contribution in [1.82, 2.24) is 14.7 Å². The van der Waals surface area contributed by atoms with Crippen molar-refractivity contribution >= 4 is 35.1 Å². The summed E-state index contributed by atoms with van der Waals surface area (Å²) in [6.07, 6.45) is 3.03. The Balaban J connectivity index is 2.23. The summed E-state index contributed by atoms with van der Waals surface area (Å²) in [6, 6.07) is 4.69. The maximum Gasteiger partial charge on any atom is 0.412 e. The van der Waals surface area contributed by atoms with Gasteiger partial charge in [-0.25, -0.2) is 9.48 Å². The second kappa shape index (κ2) is 12.0. The molecular weight excluding hydrogens is 441 g/mol. The molecule has 2 rings (SSSR count). The van der Waals surface area contributed by atoms with Crippen molar-refractivity contribution < 1.29 is 19.1 Å². The summed E-state index contributed by atoms with van der Waals surface area (Å²) in [7, 11) is 1.68. The number of nitrogens with zero attached hydrogens (tertiary/aromatic N) is 3. The van der Waals surface area contributed by atoms with Gasteiger partial charge in [0, 0.05) is 24.2 Å². The van der Waals surface area contributed by atoms with E-state index in [0.29, 0.717) is 35.0 Å². The van der Waals surface area contributed by atoms with Crippen LogP contribution in [-0.2, 0) is 11.8 Å². The highest BCUT2D eigenvalue weighted by Gasteiger charge is 2.26. The molecule has 2 aromatic rings. The number of carbonyl (C=O) groups is 2. The Morgan fingerprint density at radius 1 is 1.16 bits per heavy atom. The monoisotopic (exact) mass is 469 g/mol. The van der Waals surface area contributed by atoms with E-state index in [1.807, 2.05) is 13.8 Å². The summed E-state index contributed by atoms with van der Waals surface area (Å²) in [6.45, 7) is 6.59. The van der Waals surface area contributed by atoms with Crippen LogP contribution in [0.5, 0.6) is 5.88 Å². The van der Waals surface area contributed by atoms with Crippen LogP contribution in [0, 0.1) is 6.92 Å². The van der Waals surface area contributed by atoms with Gasteiger partial charge < -0.3 is 9.47 Å². The van der Waals surface area contributed by atoms with Gasteiger partial charge in [-0.2, -0.15) is 5.10 Å². The van der Waals surface area contributed by atoms with Gasteiger partial charge in [0.1, 0.15) is 5.56 Å². The number of benzene rings is 1. The first-order valence-corrected chi connectivity index (χ1v) is 11.1.